The Morgan fingerprint density at radius 1 is 1.12 bits per heavy atom. The molecule has 0 radical (unpaired) electrons. The standard InChI is InChI=1S/C15H23N.ClH/c1-2-5-12-6-3-4-7-15(12)13-8-10-14(16)11-9-13;/h3-4,6-7,13-14H,2,5,8-11,16H2,1H3;1H. The molecule has 17 heavy (non-hydrogen) atoms. The molecular formula is C15H24ClN. The molecule has 1 saturated carbocycles. The van der Waals surface area contributed by atoms with E-state index in [4.69, 9.17) is 5.73 Å². The van der Waals surface area contributed by atoms with Crippen molar-refractivity contribution in [3.8, 4) is 0 Å². The number of halogens is 1. The molecule has 1 nitrogen and oxygen atoms in total. The van der Waals surface area contributed by atoms with Gasteiger partial charge in [0.1, 0.15) is 0 Å². The molecule has 1 aromatic carbocycles. The maximum atomic E-state index is 5.97. The molecule has 0 aliphatic heterocycles. The summed E-state index contributed by atoms with van der Waals surface area (Å²) in [7, 11) is 0. The summed E-state index contributed by atoms with van der Waals surface area (Å²) in [6.45, 7) is 2.26. The normalized spacial score (nSPS) is 24.1. The van der Waals surface area contributed by atoms with Crippen molar-refractivity contribution < 1.29 is 0 Å². The highest BCUT2D eigenvalue weighted by Gasteiger charge is 2.21. The molecule has 0 atom stereocenters. The van der Waals surface area contributed by atoms with Gasteiger partial charge in [-0.2, -0.15) is 0 Å². The van der Waals surface area contributed by atoms with Gasteiger partial charge in [-0.15, -0.1) is 12.4 Å². The van der Waals surface area contributed by atoms with Crippen molar-refractivity contribution in [1.29, 1.82) is 0 Å². The molecule has 0 heterocycles. The van der Waals surface area contributed by atoms with Gasteiger partial charge in [0.15, 0.2) is 0 Å². The van der Waals surface area contributed by atoms with Crippen LogP contribution >= 0.6 is 12.4 Å². The maximum Gasteiger partial charge on any atom is 0.00392 e. The number of rotatable bonds is 3. The van der Waals surface area contributed by atoms with Gasteiger partial charge in [0.05, 0.1) is 0 Å². The van der Waals surface area contributed by atoms with Crippen LogP contribution in [0.25, 0.3) is 0 Å². The van der Waals surface area contributed by atoms with Gasteiger partial charge in [-0.3, -0.25) is 0 Å². The van der Waals surface area contributed by atoms with Crippen molar-refractivity contribution in [3.63, 3.8) is 0 Å². The van der Waals surface area contributed by atoms with Crippen LogP contribution in [0.1, 0.15) is 56.1 Å². The molecule has 0 aromatic heterocycles. The van der Waals surface area contributed by atoms with Crippen molar-refractivity contribution >= 4 is 12.4 Å². The number of nitrogens with two attached hydrogens (primary N) is 1. The molecule has 1 aromatic rings. The van der Waals surface area contributed by atoms with E-state index in [9.17, 15) is 0 Å². The molecule has 1 fully saturated rings. The van der Waals surface area contributed by atoms with Crippen LogP contribution in [0.5, 0.6) is 0 Å². The summed E-state index contributed by atoms with van der Waals surface area (Å²) in [6.07, 6.45) is 7.42. The summed E-state index contributed by atoms with van der Waals surface area (Å²) in [6, 6.07) is 9.43. The molecule has 0 unspecified atom stereocenters. The van der Waals surface area contributed by atoms with E-state index in [0.717, 1.165) is 5.92 Å². The van der Waals surface area contributed by atoms with Crippen LogP contribution < -0.4 is 5.73 Å². The van der Waals surface area contributed by atoms with E-state index in [-0.39, 0.29) is 12.4 Å². The fourth-order valence-corrected chi connectivity index (χ4v) is 2.86. The van der Waals surface area contributed by atoms with Crippen molar-refractivity contribution in [1.82, 2.24) is 0 Å². The molecule has 0 saturated heterocycles. The van der Waals surface area contributed by atoms with Crippen molar-refractivity contribution in [2.24, 2.45) is 5.73 Å². The van der Waals surface area contributed by atoms with E-state index >= 15 is 0 Å². The Hall–Kier alpha value is -0.530. The number of hydrogen-bond acceptors (Lipinski definition) is 1. The van der Waals surface area contributed by atoms with Gasteiger partial charge < -0.3 is 5.73 Å². The SMILES string of the molecule is CCCc1ccccc1C1CCC(N)CC1.Cl. The number of benzene rings is 1. The lowest BCUT2D eigenvalue weighted by Crippen LogP contribution is -2.26. The highest BCUT2D eigenvalue weighted by atomic mass is 35.5. The third-order valence-electron chi connectivity index (χ3n) is 3.79. The molecule has 96 valence electrons. The Labute approximate surface area is 111 Å². The third-order valence-corrected chi connectivity index (χ3v) is 3.79. The van der Waals surface area contributed by atoms with E-state index in [0.29, 0.717) is 6.04 Å². The maximum absolute atomic E-state index is 5.97. The Balaban J connectivity index is 0.00000144. The van der Waals surface area contributed by atoms with Crippen LogP contribution in [0.15, 0.2) is 24.3 Å². The molecule has 1 aliphatic rings. The molecule has 2 heteroatoms. The summed E-state index contributed by atoms with van der Waals surface area (Å²) >= 11 is 0. The second kappa shape index (κ2) is 7.03. The first-order chi connectivity index (χ1) is 7.81. The summed E-state index contributed by atoms with van der Waals surface area (Å²) in [5.41, 5.74) is 9.13. The molecule has 0 amide bonds. The van der Waals surface area contributed by atoms with Crippen LogP contribution in [-0.4, -0.2) is 6.04 Å². The van der Waals surface area contributed by atoms with Crippen molar-refractivity contribution in [2.75, 3.05) is 0 Å². The lowest BCUT2D eigenvalue weighted by Gasteiger charge is -2.28. The van der Waals surface area contributed by atoms with E-state index in [2.05, 4.69) is 31.2 Å². The second-order valence-electron chi connectivity index (χ2n) is 5.06. The van der Waals surface area contributed by atoms with E-state index in [1.165, 1.54) is 38.5 Å². The second-order valence-corrected chi connectivity index (χ2v) is 5.06. The first kappa shape index (κ1) is 14.5. The zero-order valence-corrected chi connectivity index (χ0v) is 11.5. The Morgan fingerprint density at radius 2 is 1.76 bits per heavy atom. The van der Waals surface area contributed by atoms with Crippen LogP contribution in [0.3, 0.4) is 0 Å². The molecule has 1 aliphatic carbocycles. The Morgan fingerprint density at radius 3 is 2.41 bits per heavy atom. The van der Waals surface area contributed by atoms with E-state index in [1.807, 2.05) is 0 Å². The average Bonchev–Trinajstić information content (AvgIpc) is 2.32. The summed E-state index contributed by atoms with van der Waals surface area (Å²) in [5, 5.41) is 0. The fraction of sp³-hybridized carbons (Fsp3) is 0.600. The average molecular weight is 254 g/mol. The summed E-state index contributed by atoms with van der Waals surface area (Å²) in [4.78, 5) is 0. The number of hydrogen-bond donors (Lipinski definition) is 1. The van der Waals surface area contributed by atoms with Crippen LogP contribution in [0.2, 0.25) is 0 Å². The highest BCUT2D eigenvalue weighted by Crippen LogP contribution is 2.34. The van der Waals surface area contributed by atoms with Gasteiger partial charge in [-0.05, 0) is 49.1 Å². The minimum absolute atomic E-state index is 0. The molecule has 2 N–H and O–H groups in total. The van der Waals surface area contributed by atoms with Crippen LogP contribution in [-0.2, 0) is 6.42 Å². The molecule has 2 rings (SSSR count). The van der Waals surface area contributed by atoms with Crippen molar-refractivity contribution in [2.45, 2.75) is 57.4 Å². The minimum Gasteiger partial charge on any atom is -0.328 e. The molecule has 0 bridgehead atoms. The summed E-state index contributed by atoms with van der Waals surface area (Å²) < 4.78 is 0. The lowest BCUT2D eigenvalue weighted by atomic mass is 9.80. The minimum atomic E-state index is 0. The van der Waals surface area contributed by atoms with Gasteiger partial charge in [0, 0.05) is 6.04 Å². The van der Waals surface area contributed by atoms with Gasteiger partial charge in [-0.25, -0.2) is 0 Å². The van der Waals surface area contributed by atoms with Crippen LogP contribution in [0, 0.1) is 0 Å². The zero-order chi connectivity index (χ0) is 11.4. The Kier molecular flexibility index (Phi) is 6.01. The highest BCUT2D eigenvalue weighted by molar-refractivity contribution is 5.85. The first-order valence-corrected chi connectivity index (χ1v) is 6.64. The number of aryl methyl sites for hydroxylation is 1. The first-order valence-electron chi connectivity index (χ1n) is 6.64. The van der Waals surface area contributed by atoms with Gasteiger partial charge >= 0.3 is 0 Å². The summed E-state index contributed by atoms with van der Waals surface area (Å²) in [5.74, 6) is 0.766. The third kappa shape index (κ3) is 3.72. The topological polar surface area (TPSA) is 26.0 Å². The zero-order valence-electron chi connectivity index (χ0n) is 10.7. The van der Waals surface area contributed by atoms with E-state index < -0.39 is 0 Å². The smallest absolute Gasteiger partial charge is 0.00392 e. The lowest BCUT2D eigenvalue weighted by molar-refractivity contribution is 0.394. The monoisotopic (exact) mass is 253 g/mol. The Bertz CT molecular complexity index is 329. The fourth-order valence-electron chi connectivity index (χ4n) is 2.86. The van der Waals surface area contributed by atoms with Gasteiger partial charge in [0.2, 0.25) is 0 Å². The quantitative estimate of drug-likeness (QED) is 0.864. The largest absolute Gasteiger partial charge is 0.328 e. The predicted molar refractivity (Wildman–Crippen MR) is 76.9 cm³/mol. The van der Waals surface area contributed by atoms with Crippen LogP contribution in [0.4, 0.5) is 0 Å². The van der Waals surface area contributed by atoms with E-state index in [1.54, 1.807) is 11.1 Å². The van der Waals surface area contributed by atoms with Crippen molar-refractivity contribution in [3.05, 3.63) is 35.4 Å². The van der Waals surface area contributed by atoms with Gasteiger partial charge in [-0.1, -0.05) is 37.6 Å². The molecule has 0 spiro atoms. The molecular weight excluding hydrogens is 230 g/mol. The predicted octanol–water partition coefficient (Wildman–Crippen LogP) is 4.05. The van der Waals surface area contributed by atoms with Gasteiger partial charge in [0.25, 0.3) is 0 Å².